The largest absolute Gasteiger partial charge is 0.338 e. The summed E-state index contributed by atoms with van der Waals surface area (Å²) in [6.07, 6.45) is 1.89. The van der Waals surface area contributed by atoms with Crippen molar-refractivity contribution in [2.24, 2.45) is 0 Å². The number of benzene rings is 2. The van der Waals surface area contributed by atoms with Crippen molar-refractivity contribution in [2.45, 2.75) is 44.8 Å². The van der Waals surface area contributed by atoms with Crippen molar-refractivity contribution < 1.29 is 14.0 Å². The van der Waals surface area contributed by atoms with Gasteiger partial charge in [0.1, 0.15) is 5.82 Å². The zero-order valence-electron chi connectivity index (χ0n) is 20.2. The summed E-state index contributed by atoms with van der Waals surface area (Å²) in [5.41, 5.74) is 0.755. The fourth-order valence-corrected chi connectivity index (χ4v) is 5.26. The van der Waals surface area contributed by atoms with E-state index < -0.39 is 11.5 Å². The average Bonchev–Trinajstić information content (AvgIpc) is 3.10. The van der Waals surface area contributed by atoms with Gasteiger partial charge < -0.3 is 14.7 Å². The third kappa shape index (κ3) is 5.00. The third-order valence-corrected chi connectivity index (χ3v) is 7.32. The third-order valence-electron chi connectivity index (χ3n) is 7.32. The molecule has 2 amide bonds. The molecular weight excluding hydrogens is 431 g/mol. The fourth-order valence-electron chi connectivity index (χ4n) is 5.26. The molecule has 7 heteroatoms. The van der Waals surface area contributed by atoms with Gasteiger partial charge in [-0.2, -0.15) is 0 Å². The van der Waals surface area contributed by atoms with Gasteiger partial charge in [0.15, 0.2) is 0 Å². The highest BCUT2D eigenvalue weighted by Crippen LogP contribution is 2.34. The van der Waals surface area contributed by atoms with Crippen LogP contribution in [0.1, 0.15) is 42.6 Å². The lowest BCUT2D eigenvalue weighted by Crippen LogP contribution is -2.60. The molecule has 2 aromatic carbocycles. The molecule has 0 saturated carbocycles. The Labute approximate surface area is 201 Å². The second-order valence-corrected chi connectivity index (χ2v) is 9.21. The summed E-state index contributed by atoms with van der Waals surface area (Å²) in [4.78, 5) is 32.6. The molecule has 0 aromatic heterocycles. The monoisotopic (exact) mass is 466 g/mol. The van der Waals surface area contributed by atoms with Crippen LogP contribution in [0.15, 0.2) is 54.6 Å². The van der Waals surface area contributed by atoms with Crippen molar-refractivity contribution in [2.75, 3.05) is 39.3 Å². The molecule has 0 unspecified atom stereocenters. The number of hydrogen-bond donors (Lipinski definition) is 1. The van der Waals surface area contributed by atoms with Crippen LogP contribution in [0.5, 0.6) is 0 Å². The summed E-state index contributed by atoms with van der Waals surface area (Å²) >= 11 is 0. The number of amides is 2. The van der Waals surface area contributed by atoms with Crippen molar-refractivity contribution in [1.82, 2.24) is 20.0 Å². The van der Waals surface area contributed by atoms with Crippen molar-refractivity contribution in [3.05, 3.63) is 71.5 Å². The standard InChI is InChI=1S/C27H35FN4O2/c1-3-30(4-2)18-19-32-26(34)24(20-21-10-6-5-7-11-21)29-27(32)14-16-31(17-15-27)25(33)22-12-8-9-13-23(22)28/h5-13,24,29H,3-4,14-20H2,1-2H3/t24-/m1/s1. The molecular formula is C27H35FN4O2. The number of carbonyl (C=O) groups is 2. The lowest BCUT2D eigenvalue weighted by atomic mass is 9.95. The van der Waals surface area contributed by atoms with Crippen LogP contribution in [0, 0.1) is 5.82 Å². The van der Waals surface area contributed by atoms with Gasteiger partial charge in [0.25, 0.3) is 5.91 Å². The van der Waals surface area contributed by atoms with Gasteiger partial charge >= 0.3 is 0 Å². The van der Waals surface area contributed by atoms with Gasteiger partial charge in [-0.25, -0.2) is 4.39 Å². The Hall–Kier alpha value is -2.77. The summed E-state index contributed by atoms with van der Waals surface area (Å²) in [7, 11) is 0. The normalized spacial score (nSPS) is 19.9. The number of nitrogens with zero attached hydrogens (tertiary/aromatic N) is 3. The zero-order chi connectivity index (χ0) is 24.1. The number of rotatable bonds is 8. The van der Waals surface area contributed by atoms with Crippen LogP contribution in [0.2, 0.25) is 0 Å². The van der Waals surface area contributed by atoms with E-state index in [0.717, 1.165) is 25.2 Å². The van der Waals surface area contributed by atoms with Crippen molar-refractivity contribution >= 4 is 11.8 Å². The molecule has 2 heterocycles. The molecule has 1 spiro atoms. The topological polar surface area (TPSA) is 55.9 Å². The Bertz CT molecular complexity index is 987. The number of halogens is 1. The Morgan fingerprint density at radius 2 is 1.71 bits per heavy atom. The molecule has 2 aliphatic heterocycles. The van der Waals surface area contributed by atoms with Crippen molar-refractivity contribution in [3.8, 4) is 0 Å². The van der Waals surface area contributed by atoms with Gasteiger partial charge in [0.2, 0.25) is 5.91 Å². The Morgan fingerprint density at radius 1 is 1.06 bits per heavy atom. The zero-order valence-corrected chi connectivity index (χ0v) is 20.2. The number of carbonyl (C=O) groups excluding carboxylic acids is 2. The van der Waals surface area contributed by atoms with E-state index in [1.165, 1.54) is 12.1 Å². The fraction of sp³-hybridized carbons (Fsp3) is 0.481. The molecule has 0 bridgehead atoms. The van der Waals surface area contributed by atoms with Crippen LogP contribution < -0.4 is 5.32 Å². The molecule has 2 saturated heterocycles. The van der Waals surface area contributed by atoms with Gasteiger partial charge in [-0.15, -0.1) is 0 Å². The second-order valence-electron chi connectivity index (χ2n) is 9.21. The van der Waals surface area contributed by atoms with E-state index in [1.54, 1.807) is 17.0 Å². The van der Waals surface area contributed by atoms with Gasteiger partial charge in [0.05, 0.1) is 17.3 Å². The molecule has 4 rings (SSSR count). The van der Waals surface area contributed by atoms with Crippen LogP contribution >= 0.6 is 0 Å². The summed E-state index contributed by atoms with van der Waals surface area (Å²) in [6.45, 7) is 8.58. The Balaban J connectivity index is 1.50. The minimum absolute atomic E-state index is 0.106. The highest BCUT2D eigenvalue weighted by atomic mass is 19.1. The first-order valence-electron chi connectivity index (χ1n) is 12.4. The molecule has 1 N–H and O–H groups in total. The first-order chi connectivity index (χ1) is 16.5. The molecule has 2 aromatic rings. The summed E-state index contributed by atoms with van der Waals surface area (Å²) in [6, 6.07) is 15.9. The molecule has 2 fully saturated rings. The molecule has 0 radical (unpaired) electrons. The Morgan fingerprint density at radius 3 is 2.35 bits per heavy atom. The second kappa shape index (κ2) is 10.7. The van der Waals surface area contributed by atoms with Gasteiger partial charge in [0, 0.05) is 39.0 Å². The van der Waals surface area contributed by atoms with Gasteiger partial charge in [-0.3, -0.25) is 14.9 Å². The molecule has 1 atom stereocenters. The van der Waals surface area contributed by atoms with Crippen LogP contribution in [-0.2, 0) is 11.2 Å². The van der Waals surface area contributed by atoms with E-state index in [-0.39, 0.29) is 23.4 Å². The van der Waals surface area contributed by atoms with Crippen molar-refractivity contribution in [3.63, 3.8) is 0 Å². The molecule has 6 nitrogen and oxygen atoms in total. The van der Waals surface area contributed by atoms with Crippen LogP contribution in [-0.4, -0.2) is 77.5 Å². The average molecular weight is 467 g/mol. The highest BCUT2D eigenvalue weighted by Gasteiger charge is 2.51. The number of nitrogens with one attached hydrogen (secondary N) is 1. The van der Waals surface area contributed by atoms with Crippen LogP contribution in [0.3, 0.4) is 0 Å². The molecule has 182 valence electrons. The van der Waals surface area contributed by atoms with E-state index in [9.17, 15) is 14.0 Å². The van der Waals surface area contributed by atoms with E-state index in [0.29, 0.717) is 38.9 Å². The minimum Gasteiger partial charge on any atom is -0.338 e. The molecule has 0 aliphatic carbocycles. The molecule has 2 aliphatic rings. The predicted molar refractivity (Wildman–Crippen MR) is 131 cm³/mol. The quantitative estimate of drug-likeness (QED) is 0.650. The van der Waals surface area contributed by atoms with Gasteiger partial charge in [-0.1, -0.05) is 56.3 Å². The maximum absolute atomic E-state index is 14.2. The SMILES string of the molecule is CCN(CC)CCN1C(=O)[C@@H](Cc2ccccc2)NC12CCN(C(=O)c1ccccc1F)CC2. The van der Waals surface area contributed by atoms with Crippen LogP contribution in [0.4, 0.5) is 4.39 Å². The maximum Gasteiger partial charge on any atom is 0.256 e. The first-order valence-corrected chi connectivity index (χ1v) is 12.4. The molecule has 34 heavy (non-hydrogen) atoms. The summed E-state index contributed by atoms with van der Waals surface area (Å²) in [5, 5.41) is 3.67. The number of likely N-dealkylation sites (N-methyl/N-ethyl adjacent to an activating group) is 1. The van der Waals surface area contributed by atoms with Crippen molar-refractivity contribution in [1.29, 1.82) is 0 Å². The number of hydrogen-bond acceptors (Lipinski definition) is 4. The van der Waals surface area contributed by atoms with E-state index >= 15 is 0 Å². The summed E-state index contributed by atoms with van der Waals surface area (Å²) in [5.74, 6) is -0.650. The van der Waals surface area contributed by atoms with E-state index in [4.69, 9.17) is 0 Å². The lowest BCUT2D eigenvalue weighted by molar-refractivity contribution is -0.133. The van der Waals surface area contributed by atoms with E-state index in [2.05, 4.69) is 36.2 Å². The predicted octanol–water partition coefficient (Wildman–Crippen LogP) is 3.14. The highest BCUT2D eigenvalue weighted by molar-refractivity contribution is 5.94. The first kappa shape index (κ1) is 24.4. The van der Waals surface area contributed by atoms with Crippen LogP contribution in [0.25, 0.3) is 0 Å². The maximum atomic E-state index is 14.2. The lowest BCUT2D eigenvalue weighted by Gasteiger charge is -2.45. The minimum atomic E-state index is -0.495. The van der Waals surface area contributed by atoms with E-state index in [1.807, 2.05) is 23.1 Å². The Kier molecular flexibility index (Phi) is 7.63. The number of likely N-dealkylation sites (tertiary alicyclic amines) is 1. The number of piperidine rings is 1. The summed E-state index contributed by atoms with van der Waals surface area (Å²) < 4.78 is 14.2. The smallest absolute Gasteiger partial charge is 0.256 e. The van der Waals surface area contributed by atoms with Gasteiger partial charge in [-0.05, 0) is 37.2 Å².